The van der Waals surface area contributed by atoms with E-state index in [1.165, 1.54) is 19.2 Å². The smallest absolute Gasteiger partial charge is 0.214 e. The Bertz CT molecular complexity index is 696. The van der Waals surface area contributed by atoms with Gasteiger partial charge in [-0.1, -0.05) is 6.07 Å². The summed E-state index contributed by atoms with van der Waals surface area (Å²) in [7, 11) is -2.33. The molecule has 7 heteroatoms. The van der Waals surface area contributed by atoms with Gasteiger partial charge in [0.25, 0.3) is 0 Å². The lowest BCUT2D eigenvalue weighted by Crippen LogP contribution is -2.27. The minimum Gasteiger partial charge on any atom is -0.214 e. The van der Waals surface area contributed by atoms with Crippen LogP contribution in [0.1, 0.15) is 36.8 Å². The van der Waals surface area contributed by atoms with Gasteiger partial charge in [0.05, 0.1) is 16.5 Å². The second-order valence-electron chi connectivity index (χ2n) is 5.66. The van der Waals surface area contributed by atoms with Crippen molar-refractivity contribution < 1.29 is 17.2 Å². The number of rotatable bonds is 4. The molecule has 0 radical (unpaired) electrons. The number of alkyl halides is 2. The summed E-state index contributed by atoms with van der Waals surface area (Å²) >= 11 is 0. The Morgan fingerprint density at radius 2 is 2.18 bits per heavy atom. The molecule has 1 fully saturated rings. The zero-order chi connectivity index (χ0) is 16.4. The van der Waals surface area contributed by atoms with E-state index in [4.69, 9.17) is 0 Å². The SMILES string of the molecule is CNS(=O)(=O)c1ccc(CC2CCCC(F)(F)C2)c(C#N)c1. The van der Waals surface area contributed by atoms with E-state index in [2.05, 4.69) is 4.72 Å². The summed E-state index contributed by atoms with van der Waals surface area (Å²) in [6.07, 6.45) is 1.31. The number of nitrogens with zero attached hydrogens (tertiary/aromatic N) is 1. The van der Waals surface area contributed by atoms with Crippen LogP contribution in [0.3, 0.4) is 0 Å². The number of nitrogens with one attached hydrogen (secondary N) is 1. The van der Waals surface area contributed by atoms with Crippen molar-refractivity contribution in [2.45, 2.75) is 42.9 Å². The van der Waals surface area contributed by atoms with Gasteiger partial charge in [-0.25, -0.2) is 21.9 Å². The zero-order valence-corrected chi connectivity index (χ0v) is 13.1. The molecule has 1 N–H and O–H groups in total. The zero-order valence-electron chi connectivity index (χ0n) is 12.3. The first-order valence-corrected chi connectivity index (χ1v) is 8.60. The Morgan fingerprint density at radius 3 is 2.77 bits per heavy atom. The van der Waals surface area contributed by atoms with Gasteiger partial charge in [0.2, 0.25) is 15.9 Å². The summed E-state index contributed by atoms with van der Waals surface area (Å²) in [5, 5.41) is 9.20. The second kappa shape index (κ2) is 6.31. The number of hydrogen-bond donors (Lipinski definition) is 1. The van der Waals surface area contributed by atoms with Crippen LogP contribution in [0.15, 0.2) is 23.1 Å². The van der Waals surface area contributed by atoms with E-state index < -0.39 is 15.9 Å². The van der Waals surface area contributed by atoms with Crippen LogP contribution < -0.4 is 4.72 Å². The fraction of sp³-hybridized carbons (Fsp3) is 0.533. The average molecular weight is 328 g/mol. The quantitative estimate of drug-likeness (QED) is 0.924. The number of nitriles is 1. The lowest BCUT2D eigenvalue weighted by molar-refractivity contribution is -0.0522. The highest BCUT2D eigenvalue weighted by Crippen LogP contribution is 2.38. The van der Waals surface area contributed by atoms with Gasteiger partial charge in [-0.05, 0) is 49.9 Å². The third kappa shape index (κ3) is 3.81. The topological polar surface area (TPSA) is 70.0 Å². The molecular weight excluding hydrogens is 310 g/mol. The summed E-state index contributed by atoms with van der Waals surface area (Å²) in [6, 6.07) is 6.21. The fourth-order valence-corrected chi connectivity index (χ4v) is 3.64. The van der Waals surface area contributed by atoms with E-state index in [-0.39, 0.29) is 29.2 Å². The van der Waals surface area contributed by atoms with Gasteiger partial charge in [-0.2, -0.15) is 5.26 Å². The van der Waals surface area contributed by atoms with Crippen molar-refractivity contribution in [3.63, 3.8) is 0 Å². The molecule has 1 atom stereocenters. The van der Waals surface area contributed by atoms with Crippen molar-refractivity contribution in [2.24, 2.45) is 5.92 Å². The largest absolute Gasteiger partial charge is 0.248 e. The van der Waals surface area contributed by atoms with Crippen LogP contribution in [0.4, 0.5) is 8.78 Å². The molecule has 0 amide bonds. The molecule has 120 valence electrons. The molecule has 0 aliphatic heterocycles. The monoisotopic (exact) mass is 328 g/mol. The molecule has 1 aromatic carbocycles. The first-order valence-electron chi connectivity index (χ1n) is 7.12. The van der Waals surface area contributed by atoms with Gasteiger partial charge in [0.1, 0.15) is 0 Å². The van der Waals surface area contributed by atoms with Gasteiger partial charge in [0.15, 0.2) is 0 Å². The highest BCUT2D eigenvalue weighted by molar-refractivity contribution is 7.89. The van der Waals surface area contributed by atoms with Gasteiger partial charge in [-0.3, -0.25) is 0 Å². The van der Waals surface area contributed by atoms with Crippen LogP contribution in [0.5, 0.6) is 0 Å². The maximum Gasteiger partial charge on any atom is 0.248 e. The molecule has 1 saturated carbocycles. The Hall–Kier alpha value is -1.52. The molecule has 1 aromatic rings. The Kier molecular flexibility index (Phi) is 4.83. The van der Waals surface area contributed by atoms with Crippen LogP contribution in [-0.2, 0) is 16.4 Å². The average Bonchev–Trinajstić information content (AvgIpc) is 2.46. The van der Waals surface area contributed by atoms with Crippen LogP contribution in [0, 0.1) is 17.2 Å². The van der Waals surface area contributed by atoms with Crippen LogP contribution >= 0.6 is 0 Å². The molecule has 2 rings (SSSR count). The molecular formula is C15H18F2N2O2S. The maximum absolute atomic E-state index is 13.5. The molecule has 0 aromatic heterocycles. The summed E-state index contributed by atoms with van der Waals surface area (Å²) in [5.74, 6) is -2.81. The van der Waals surface area contributed by atoms with Gasteiger partial charge >= 0.3 is 0 Å². The van der Waals surface area contributed by atoms with Crippen LogP contribution in [-0.4, -0.2) is 21.4 Å². The third-order valence-corrected chi connectivity index (χ3v) is 5.44. The molecule has 1 aliphatic rings. The van der Waals surface area contributed by atoms with Crippen LogP contribution in [0.25, 0.3) is 0 Å². The van der Waals surface area contributed by atoms with Gasteiger partial charge in [0, 0.05) is 12.8 Å². The van der Waals surface area contributed by atoms with Crippen molar-refractivity contribution in [1.29, 1.82) is 5.26 Å². The van der Waals surface area contributed by atoms with Crippen molar-refractivity contribution in [3.05, 3.63) is 29.3 Å². The standard InChI is InChI=1S/C15H18F2N2O2S/c1-19-22(20,21)14-5-4-12(13(8-14)10-18)7-11-3-2-6-15(16,17)9-11/h4-5,8,11,19H,2-3,6-7,9H2,1H3. The second-order valence-corrected chi connectivity index (χ2v) is 7.55. The van der Waals surface area contributed by atoms with Crippen molar-refractivity contribution in [2.75, 3.05) is 7.05 Å². The Morgan fingerprint density at radius 1 is 1.45 bits per heavy atom. The van der Waals surface area contributed by atoms with E-state index in [9.17, 15) is 22.5 Å². The predicted octanol–water partition coefficient (Wildman–Crippen LogP) is 2.83. The summed E-state index contributed by atoms with van der Waals surface area (Å²) < 4.78 is 52.6. The van der Waals surface area contributed by atoms with E-state index in [1.54, 1.807) is 6.07 Å². The molecule has 1 aliphatic carbocycles. The van der Waals surface area contributed by atoms with E-state index >= 15 is 0 Å². The van der Waals surface area contributed by atoms with Crippen molar-refractivity contribution in [1.82, 2.24) is 4.72 Å². The molecule has 0 saturated heterocycles. The Balaban J connectivity index is 2.24. The lowest BCUT2D eigenvalue weighted by atomic mass is 9.82. The van der Waals surface area contributed by atoms with Crippen molar-refractivity contribution >= 4 is 10.0 Å². The number of halogens is 2. The lowest BCUT2D eigenvalue weighted by Gasteiger charge is -2.29. The summed E-state index contributed by atoms with van der Waals surface area (Å²) in [6.45, 7) is 0. The fourth-order valence-electron chi connectivity index (χ4n) is 2.88. The minimum absolute atomic E-state index is 0.00396. The highest BCUT2D eigenvalue weighted by atomic mass is 32.2. The first kappa shape index (κ1) is 16.8. The van der Waals surface area contributed by atoms with E-state index in [0.717, 1.165) is 0 Å². The third-order valence-electron chi connectivity index (χ3n) is 4.03. The first-order chi connectivity index (χ1) is 10.3. The molecule has 0 spiro atoms. The minimum atomic E-state index is -3.62. The van der Waals surface area contributed by atoms with Crippen LogP contribution in [0.2, 0.25) is 0 Å². The number of sulfonamides is 1. The molecule has 0 heterocycles. The molecule has 4 nitrogen and oxygen atoms in total. The molecule has 0 bridgehead atoms. The normalized spacial score (nSPS) is 21.3. The number of hydrogen-bond acceptors (Lipinski definition) is 3. The van der Waals surface area contributed by atoms with Gasteiger partial charge in [-0.15, -0.1) is 0 Å². The molecule has 1 unspecified atom stereocenters. The number of benzene rings is 1. The summed E-state index contributed by atoms with van der Waals surface area (Å²) in [5.41, 5.74) is 0.852. The predicted molar refractivity (Wildman–Crippen MR) is 78.0 cm³/mol. The summed E-state index contributed by atoms with van der Waals surface area (Å²) in [4.78, 5) is 0.00396. The van der Waals surface area contributed by atoms with Crippen molar-refractivity contribution in [3.8, 4) is 6.07 Å². The maximum atomic E-state index is 13.5. The van der Waals surface area contributed by atoms with E-state index in [0.29, 0.717) is 24.8 Å². The van der Waals surface area contributed by atoms with E-state index in [1.807, 2.05) is 6.07 Å². The van der Waals surface area contributed by atoms with Gasteiger partial charge < -0.3 is 0 Å². The Labute approximate surface area is 129 Å². The highest BCUT2D eigenvalue weighted by Gasteiger charge is 2.36. The molecule has 22 heavy (non-hydrogen) atoms.